The Labute approximate surface area is 108 Å². The van der Waals surface area contributed by atoms with Gasteiger partial charge in [-0.3, -0.25) is 0 Å². The topological polar surface area (TPSA) is 72.2 Å². The first-order valence-electron chi connectivity index (χ1n) is 6.37. The number of rotatable bonds is 9. The molecule has 104 valence electrons. The Morgan fingerprint density at radius 1 is 1.33 bits per heavy atom. The summed E-state index contributed by atoms with van der Waals surface area (Å²) in [5.74, 6) is 0.584. The van der Waals surface area contributed by atoms with Crippen LogP contribution in [-0.2, 0) is 11.3 Å². The molecule has 0 amide bonds. The second-order valence-electron chi connectivity index (χ2n) is 4.93. The maximum absolute atomic E-state index is 5.51. The number of hydrogen-bond donors (Lipinski definition) is 2. The van der Waals surface area contributed by atoms with Gasteiger partial charge >= 0.3 is 6.01 Å². The highest BCUT2D eigenvalue weighted by molar-refractivity contribution is 5.22. The normalized spacial score (nSPS) is 11.8. The molecule has 1 aromatic rings. The van der Waals surface area contributed by atoms with Gasteiger partial charge in [0, 0.05) is 19.2 Å². The molecule has 6 nitrogen and oxygen atoms in total. The molecule has 18 heavy (non-hydrogen) atoms. The molecule has 0 radical (unpaired) electrons. The van der Waals surface area contributed by atoms with E-state index in [-0.39, 0.29) is 5.54 Å². The first kappa shape index (κ1) is 14.9. The van der Waals surface area contributed by atoms with Crippen molar-refractivity contribution in [3.63, 3.8) is 0 Å². The van der Waals surface area contributed by atoms with E-state index in [1.165, 1.54) is 0 Å². The third-order valence-corrected chi connectivity index (χ3v) is 2.55. The minimum absolute atomic E-state index is 0.0258. The van der Waals surface area contributed by atoms with Crippen molar-refractivity contribution in [3.8, 4) is 0 Å². The van der Waals surface area contributed by atoms with Crippen LogP contribution >= 0.6 is 0 Å². The smallest absolute Gasteiger partial charge is 0.315 e. The van der Waals surface area contributed by atoms with Gasteiger partial charge in [-0.2, -0.15) is 0 Å². The SMILES string of the molecule is CCCC(C)(C)Nc1nnc(CNCCOC)o1. The van der Waals surface area contributed by atoms with Gasteiger partial charge in [0.15, 0.2) is 0 Å². The quantitative estimate of drug-likeness (QED) is 0.656. The summed E-state index contributed by atoms with van der Waals surface area (Å²) < 4.78 is 10.4. The van der Waals surface area contributed by atoms with Gasteiger partial charge in [-0.1, -0.05) is 18.4 Å². The van der Waals surface area contributed by atoms with E-state index in [9.17, 15) is 0 Å². The van der Waals surface area contributed by atoms with Crippen LogP contribution in [0.1, 0.15) is 39.5 Å². The van der Waals surface area contributed by atoms with Crippen molar-refractivity contribution in [1.82, 2.24) is 15.5 Å². The Kier molecular flexibility index (Phi) is 6.07. The fourth-order valence-corrected chi connectivity index (χ4v) is 1.72. The van der Waals surface area contributed by atoms with Gasteiger partial charge in [0.25, 0.3) is 0 Å². The Balaban J connectivity index is 2.38. The van der Waals surface area contributed by atoms with Crippen molar-refractivity contribution in [2.45, 2.75) is 45.7 Å². The summed E-state index contributed by atoms with van der Waals surface area (Å²) in [7, 11) is 1.67. The number of anilines is 1. The molecule has 1 aromatic heterocycles. The lowest BCUT2D eigenvalue weighted by atomic mass is 9.99. The van der Waals surface area contributed by atoms with E-state index in [0.717, 1.165) is 19.4 Å². The number of nitrogens with zero attached hydrogens (tertiary/aromatic N) is 2. The average Bonchev–Trinajstić information content (AvgIpc) is 2.71. The number of ether oxygens (including phenoxy) is 1. The number of methoxy groups -OCH3 is 1. The van der Waals surface area contributed by atoms with Crippen LogP contribution in [0.2, 0.25) is 0 Å². The molecular weight excluding hydrogens is 232 g/mol. The molecule has 0 saturated carbocycles. The van der Waals surface area contributed by atoms with Gasteiger partial charge in [-0.25, -0.2) is 0 Å². The predicted octanol–water partition coefficient (Wildman–Crippen LogP) is 1.80. The molecule has 0 atom stereocenters. The molecule has 0 aliphatic heterocycles. The highest BCUT2D eigenvalue weighted by Crippen LogP contribution is 2.18. The second-order valence-corrected chi connectivity index (χ2v) is 4.93. The highest BCUT2D eigenvalue weighted by atomic mass is 16.5. The molecule has 1 rings (SSSR count). The largest absolute Gasteiger partial charge is 0.407 e. The van der Waals surface area contributed by atoms with Crippen molar-refractivity contribution < 1.29 is 9.15 Å². The Morgan fingerprint density at radius 3 is 2.78 bits per heavy atom. The summed E-state index contributed by atoms with van der Waals surface area (Å²) in [6, 6.07) is 0.483. The molecule has 0 unspecified atom stereocenters. The highest BCUT2D eigenvalue weighted by Gasteiger charge is 2.19. The van der Waals surface area contributed by atoms with Crippen molar-refractivity contribution in [2.24, 2.45) is 0 Å². The van der Waals surface area contributed by atoms with Crippen LogP contribution in [-0.4, -0.2) is 36.0 Å². The zero-order chi connectivity index (χ0) is 13.4. The van der Waals surface area contributed by atoms with Crippen molar-refractivity contribution in [1.29, 1.82) is 0 Å². The average molecular weight is 256 g/mol. The molecule has 6 heteroatoms. The first-order chi connectivity index (χ1) is 8.57. The van der Waals surface area contributed by atoms with Gasteiger partial charge in [0.1, 0.15) is 0 Å². The Hall–Kier alpha value is -1.14. The van der Waals surface area contributed by atoms with Gasteiger partial charge < -0.3 is 19.8 Å². The minimum atomic E-state index is -0.0258. The lowest BCUT2D eigenvalue weighted by molar-refractivity contribution is 0.198. The number of hydrogen-bond acceptors (Lipinski definition) is 6. The lowest BCUT2D eigenvalue weighted by Crippen LogP contribution is -2.30. The van der Waals surface area contributed by atoms with E-state index in [0.29, 0.717) is 25.1 Å². The Bertz CT molecular complexity index is 339. The molecule has 0 aliphatic rings. The fourth-order valence-electron chi connectivity index (χ4n) is 1.72. The van der Waals surface area contributed by atoms with E-state index in [2.05, 4.69) is 41.6 Å². The monoisotopic (exact) mass is 256 g/mol. The van der Waals surface area contributed by atoms with E-state index in [1.54, 1.807) is 7.11 Å². The van der Waals surface area contributed by atoms with Gasteiger partial charge in [-0.15, -0.1) is 5.10 Å². The molecule has 1 heterocycles. The minimum Gasteiger partial charge on any atom is -0.407 e. The molecule has 0 bridgehead atoms. The first-order valence-corrected chi connectivity index (χ1v) is 6.37. The van der Waals surface area contributed by atoms with Gasteiger partial charge in [-0.05, 0) is 20.3 Å². The van der Waals surface area contributed by atoms with Crippen LogP contribution < -0.4 is 10.6 Å². The predicted molar refractivity (Wildman–Crippen MR) is 70.5 cm³/mol. The van der Waals surface area contributed by atoms with Crippen LogP contribution in [0.3, 0.4) is 0 Å². The molecule has 0 aliphatic carbocycles. The molecular formula is C12H24N4O2. The fraction of sp³-hybridized carbons (Fsp3) is 0.833. The van der Waals surface area contributed by atoms with Crippen molar-refractivity contribution in [2.75, 3.05) is 25.6 Å². The van der Waals surface area contributed by atoms with E-state index in [1.807, 2.05) is 0 Å². The van der Waals surface area contributed by atoms with E-state index >= 15 is 0 Å². The van der Waals surface area contributed by atoms with Gasteiger partial charge in [0.2, 0.25) is 5.89 Å². The van der Waals surface area contributed by atoms with E-state index < -0.39 is 0 Å². The molecule has 0 fully saturated rings. The van der Waals surface area contributed by atoms with Crippen LogP contribution in [0.25, 0.3) is 0 Å². The van der Waals surface area contributed by atoms with Crippen LogP contribution in [0.15, 0.2) is 4.42 Å². The van der Waals surface area contributed by atoms with Crippen LogP contribution in [0.4, 0.5) is 6.01 Å². The molecule has 0 aromatic carbocycles. The summed E-state index contributed by atoms with van der Waals surface area (Å²) in [4.78, 5) is 0. The van der Waals surface area contributed by atoms with Crippen LogP contribution in [0.5, 0.6) is 0 Å². The number of aromatic nitrogens is 2. The maximum atomic E-state index is 5.51. The summed E-state index contributed by atoms with van der Waals surface area (Å²) in [6.07, 6.45) is 2.16. The zero-order valence-corrected chi connectivity index (χ0v) is 11.7. The summed E-state index contributed by atoms with van der Waals surface area (Å²) in [5, 5.41) is 14.4. The summed E-state index contributed by atoms with van der Waals surface area (Å²) >= 11 is 0. The Morgan fingerprint density at radius 2 is 2.11 bits per heavy atom. The van der Waals surface area contributed by atoms with Crippen molar-refractivity contribution >= 4 is 6.01 Å². The standard InChI is InChI=1S/C12H24N4O2/c1-5-6-12(2,3)14-11-16-15-10(18-11)9-13-7-8-17-4/h13H,5-9H2,1-4H3,(H,14,16). The third-order valence-electron chi connectivity index (χ3n) is 2.55. The summed E-state index contributed by atoms with van der Waals surface area (Å²) in [6.45, 7) is 8.40. The van der Waals surface area contributed by atoms with Crippen LogP contribution in [0, 0.1) is 0 Å². The summed E-state index contributed by atoms with van der Waals surface area (Å²) in [5.41, 5.74) is -0.0258. The molecule has 0 spiro atoms. The zero-order valence-electron chi connectivity index (χ0n) is 11.7. The molecule has 0 saturated heterocycles. The van der Waals surface area contributed by atoms with Gasteiger partial charge in [0.05, 0.1) is 13.2 Å². The van der Waals surface area contributed by atoms with E-state index in [4.69, 9.17) is 9.15 Å². The van der Waals surface area contributed by atoms with Crippen molar-refractivity contribution in [3.05, 3.63) is 5.89 Å². The number of nitrogens with one attached hydrogen (secondary N) is 2. The lowest BCUT2D eigenvalue weighted by Gasteiger charge is -2.23. The maximum Gasteiger partial charge on any atom is 0.315 e. The second kappa shape index (κ2) is 7.33. The third kappa shape index (κ3) is 5.46. The molecule has 2 N–H and O–H groups in total.